The van der Waals surface area contributed by atoms with Crippen LogP contribution in [0.5, 0.6) is 0 Å². The van der Waals surface area contributed by atoms with E-state index in [1.54, 1.807) is 16.9 Å². The van der Waals surface area contributed by atoms with E-state index in [0.29, 0.717) is 19.5 Å². The van der Waals surface area contributed by atoms with Crippen molar-refractivity contribution in [1.29, 1.82) is 0 Å². The van der Waals surface area contributed by atoms with Gasteiger partial charge in [0, 0.05) is 24.7 Å². The fourth-order valence-electron chi connectivity index (χ4n) is 2.81. The molecule has 0 fully saturated rings. The number of carboxylic acid groups (broad SMARTS) is 1. The topological polar surface area (TPSA) is 129 Å². The van der Waals surface area contributed by atoms with Crippen LogP contribution in [0, 0.1) is 0 Å². The van der Waals surface area contributed by atoms with Crippen molar-refractivity contribution >= 4 is 11.8 Å². The molecule has 0 saturated carbocycles. The van der Waals surface area contributed by atoms with Crippen LogP contribution in [0.2, 0.25) is 0 Å². The molecule has 0 aliphatic carbocycles. The van der Waals surface area contributed by atoms with Crippen LogP contribution in [0.3, 0.4) is 0 Å². The van der Waals surface area contributed by atoms with E-state index in [1.807, 2.05) is 30.5 Å². The molecule has 0 saturated heterocycles. The number of carboxylic acids is 1. The first kappa shape index (κ1) is 19.3. The van der Waals surface area contributed by atoms with Crippen molar-refractivity contribution in [3.63, 3.8) is 0 Å². The highest BCUT2D eigenvalue weighted by atomic mass is 16.4. The second kappa shape index (κ2) is 8.94. The standard InChI is InChI=1S/C19H22N6O3/c20-17-9-11-24(19(28)21-17)12-14-5-7-15(8-6-14)16-13-25(23-22-16)10-3-1-2-4-18(26)27/h5-9,11,13H,1-4,10,12H2,(H,26,27)(H2,20,21,28). The van der Waals surface area contributed by atoms with E-state index in [9.17, 15) is 9.59 Å². The Kier molecular flexibility index (Phi) is 6.15. The third-order valence-electron chi connectivity index (χ3n) is 4.31. The highest BCUT2D eigenvalue weighted by Gasteiger charge is 2.06. The highest BCUT2D eigenvalue weighted by molar-refractivity contribution is 5.66. The summed E-state index contributed by atoms with van der Waals surface area (Å²) in [6, 6.07) is 9.33. The maximum Gasteiger partial charge on any atom is 0.349 e. The van der Waals surface area contributed by atoms with Gasteiger partial charge in [0.1, 0.15) is 11.5 Å². The van der Waals surface area contributed by atoms with E-state index in [4.69, 9.17) is 10.8 Å². The molecule has 0 aliphatic rings. The predicted molar refractivity (Wildman–Crippen MR) is 104 cm³/mol. The lowest BCUT2D eigenvalue weighted by molar-refractivity contribution is -0.137. The van der Waals surface area contributed by atoms with E-state index < -0.39 is 5.97 Å². The second-order valence-electron chi connectivity index (χ2n) is 6.53. The van der Waals surface area contributed by atoms with Crippen molar-refractivity contribution < 1.29 is 9.90 Å². The van der Waals surface area contributed by atoms with Gasteiger partial charge in [-0.2, -0.15) is 4.98 Å². The molecular formula is C19H22N6O3. The third-order valence-corrected chi connectivity index (χ3v) is 4.31. The Morgan fingerprint density at radius 3 is 2.61 bits per heavy atom. The summed E-state index contributed by atoms with van der Waals surface area (Å²) in [6.07, 6.45) is 6.08. The fraction of sp³-hybridized carbons (Fsp3) is 0.316. The number of benzene rings is 1. The molecule has 3 rings (SSSR count). The summed E-state index contributed by atoms with van der Waals surface area (Å²) >= 11 is 0. The van der Waals surface area contributed by atoms with Gasteiger partial charge in [0.2, 0.25) is 0 Å². The number of carbonyl (C=O) groups is 1. The number of nitrogens with two attached hydrogens (primary N) is 1. The number of aryl methyl sites for hydroxylation is 1. The molecular weight excluding hydrogens is 360 g/mol. The lowest BCUT2D eigenvalue weighted by Crippen LogP contribution is -2.23. The maximum atomic E-state index is 11.8. The summed E-state index contributed by atoms with van der Waals surface area (Å²) in [5.41, 5.74) is 7.78. The summed E-state index contributed by atoms with van der Waals surface area (Å²) in [5.74, 6) is -0.550. The third kappa shape index (κ3) is 5.26. The van der Waals surface area contributed by atoms with Crippen LogP contribution in [0.1, 0.15) is 31.2 Å². The van der Waals surface area contributed by atoms with E-state index in [0.717, 1.165) is 29.7 Å². The number of anilines is 1. The minimum atomic E-state index is -0.760. The van der Waals surface area contributed by atoms with Gasteiger partial charge in [0.15, 0.2) is 0 Å². The summed E-state index contributed by atoms with van der Waals surface area (Å²) in [6.45, 7) is 1.12. The summed E-state index contributed by atoms with van der Waals surface area (Å²) in [4.78, 5) is 26.0. The first-order valence-electron chi connectivity index (χ1n) is 9.05. The van der Waals surface area contributed by atoms with Crippen LogP contribution in [0.4, 0.5) is 5.82 Å². The number of aliphatic carboxylic acids is 1. The predicted octanol–water partition coefficient (Wildman–Crippen LogP) is 1.78. The van der Waals surface area contributed by atoms with Gasteiger partial charge in [-0.1, -0.05) is 35.9 Å². The molecule has 9 heteroatoms. The average Bonchev–Trinajstić information content (AvgIpc) is 3.13. The van der Waals surface area contributed by atoms with Gasteiger partial charge < -0.3 is 10.8 Å². The molecule has 0 bridgehead atoms. The highest BCUT2D eigenvalue weighted by Crippen LogP contribution is 2.17. The number of hydrogen-bond donors (Lipinski definition) is 2. The van der Waals surface area contributed by atoms with Crippen molar-refractivity contribution in [1.82, 2.24) is 24.5 Å². The van der Waals surface area contributed by atoms with Gasteiger partial charge >= 0.3 is 11.7 Å². The minimum Gasteiger partial charge on any atom is -0.481 e. The van der Waals surface area contributed by atoms with Gasteiger partial charge in [-0.05, 0) is 24.5 Å². The Bertz CT molecular complexity index is 993. The fourth-order valence-corrected chi connectivity index (χ4v) is 2.81. The van der Waals surface area contributed by atoms with Gasteiger partial charge in [0.05, 0.1) is 12.7 Å². The molecule has 0 unspecified atom stereocenters. The molecule has 0 atom stereocenters. The van der Waals surface area contributed by atoms with Crippen LogP contribution in [0.25, 0.3) is 11.3 Å². The molecule has 3 N–H and O–H groups in total. The van der Waals surface area contributed by atoms with Crippen molar-refractivity contribution in [2.24, 2.45) is 0 Å². The number of unbranched alkanes of at least 4 members (excludes halogenated alkanes) is 2. The number of nitrogen functional groups attached to an aromatic ring is 1. The average molecular weight is 382 g/mol. The summed E-state index contributed by atoms with van der Waals surface area (Å²) < 4.78 is 3.26. The van der Waals surface area contributed by atoms with Crippen LogP contribution in [0.15, 0.2) is 47.5 Å². The smallest absolute Gasteiger partial charge is 0.349 e. The number of hydrogen-bond acceptors (Lipinski definition) is 6. The lowest BCUT2D eigenvalue weighted by atomic mass is 10.1. The van der Waals surface area contributed by atoms with Crippen molar-refractivity contribution in [3.05, 3.63) is 58.8 Å². The Hall–Kier alpha value is -3.49. The first-order valence-corrected chi connectivity index (χ1v) is 9.05. The Balaban J connectivity index is 1.57. The molecule has 0 amide bonds. The van der Waals surface area contributed by atoms with Crippen molar-refractivity contribution in [3.8, 4) is 11.3 Å². The lowest BCUT2D eigenvalue weighted by Gasteiger charge is -2.06. The Morgan fingerprint density at radius 2 is 1.89 bits per heavy atom. The van der Waals surface area contributed by atoms with Crippen molar-refractivity contribution in [2.45, 2.75) is 38.8 Å². The number of aromatic nitrogens is 5. The van der Waals surface area contributed by atoms with Gasteiger partial charge in [-0.25, -0.2) is 4.79 Å². The molecule has 0 aliphatic heterocycles. The van der Waals surface area contributed by atoms with E-state index in [2.05, 4.69) is 15.3 Å². The zero-order chi connectivity index (χ0) is 19.9. The van der Waals surface area contributed by atoms with Crippen LogP contribution in [-0.2, 0) is 17.9 Å². The quantitative estimate of drug-likeness (QED) is 0.540. The van der Waals surface area contributed by atoms with Crippen LogP contribution >= 0.6 is 0 Å². The van der Waals surface area contributed by atoms with Gasteiger partial charge in [-0.3, -0.25) is 14.0 Å². The Labute approximate surface area is 161 Å². The zero-order valence-corrected chi connectivity index (χ0v) is 15.4. The summed E-state index contributed by atoms with van der Waals surface area (Å²) in [7, 11) is 0. The monoisotopic (exact) mass is 382 g/mol. The molecule has 2 heterocycles. The minimum absolute atomic E-state index is 0.202. The van der Waals surface area contributed by atoms with Crippen LogP contribution in [-0.4, -0.2) is 35.6 Å². The SMILES string of the molecule is Nc1ccn(Cc2ccc(-c3cn(CCCCCC(=O)O)nn3)cc2)c(=O)n1. The van der Waals surface area contributed by atoms with Crippen molar-refractivity contribution in [2.75, 3.05) is 5.73 Å². The van der Waals surface area contributed by atoms with Gasteiger partial charge in [0.25, 0.3) is 0 Å². The molecule has 9 nitrogen and oxygen atoms in total. The molecule has 0 spiro atoms. The zero-order valence-electron chi connectivity index (χ0n) is 15.4. The number of rotatable bonds is 9. The second-order valence-corrected chi connectivity index (χ2v) is 6.53. The van der Waals surface area contributed by atoms with Gasteiger partial charge in [-0.15, -0.1) is 5.10 Å². The molecule has 2 aromatic heterocycles. The normalized spacial score (nSPS) is 10.9. The van der Waals surface area contributed by atoms with Crippen LogP contribution < -0.4 is 11.4 Å². The van der Waals surface area contributed by atoms with E-state index in [-0.39, 0.29) is 17.9 Å². The molecule has 1 aromatic carbocycles. The molecule has 28 heavy (non-hydrogen) atoms. The Morgan fingerprint density at radius 1 is 1.11 bits per heavy atom. The number of nitrogens with zero attached hydrogens (tertiary/aromatic N) is 5. The first-order chi connectivity index (χ1) is 13.5. The molecule has 146 valence electrons. The largest absolute Gasteiger partial charge is 0.481 e. The molecule has 3 aromatic rings. The maximum absolute atomic E-state index is 11.8. The molecule has 0 radical (unpaired) electrons. The van der Waals surface area contributed by atoms with E-state index in [1.165, 1.54) is 4.57 Å². The summed E-state index contributed by atoms with van der Waals surface area (Å²) in [5, 5.41) is 16.9. The van der Waals surface area contributed by atoms with E-state index >= 15 is 0 Å².